The smallest absolute Gasteiger partial charge is 0.245 e. The lowest BCUT2D eigenvalue weighted by Crippen LogP contribution is -2.14. The van der Waals surface area contributed by atoms with Gasteiger partial charge in [-0.15, -0.1) is 0 Å². The van der Waals surface area contributed by atoms with E-state index in [4.69, 9.17) is 11.6 Å². The Kier molecular flexibility index (Phi) is 4.52. The molecule has 3 nitrogen and oxygen atoms in total. The Balaban J connectivity index is 2.20. The molecule has 0 aliphatic rings. The molecule has 1 heterocycles. The lowest BCUT2D eigenvalue weighted by atomic mass is 10.0. The van der Waals surface area contributed by atoms with Crippen LogP contribution in [-0.2, 0) is 16.4 Å². The third kappa shape index (κ3) is 2.87. The van der Waals surface area contributed by atoms with E-state index in [0.717, 1.165) is 22.4 Å². The van der Waals surface area contributed by atoms with Crippen LogP contribution in [0.2, 0.25) is 5.02 Å². The van der Waals surface area contributed by atoms with Gasteiger partial charge in [0.25, 0.3) is 10.0 Å². The largest absolute Gasteiger partial charge is 0.267 e. The second-order valence-electron chi connectivity index (χ2n) is 5.60. The first-order valence-corrected chi connectivity index (χ1v) is 9.54. The minimum absolute atomic E-state index is 0.282. The van der Waals surface area contributed by atoms with Gasteiger partial charge in [-0.2, -0.15) is 0 Å². The van der Waals surface area contributed by atoms with E-state index in [1.165, 1.54) is 3.97 Å². The maximum atomic E-state index is 12.9. The van der Waals surface area contributed by atoms with E-state index < -0.39 is 10.0 Å². The van der Waals surface area contributed by atoms with Gasteiger partial charge in [0.05, 0.1) is 4.90 Å². The van der Waals surface area contributed by atoms with E-state index in [1.54, 1.807) is 36.5 Å². The molecule has 0 radical (unpaired) electrons. The fourth-order valence-corrected chi connectivity index (χ4v) is 4.49. The highest BCUT2D eigenvalue weighted by molar-refractivity contribution is 7.90. The number of nitrogens with zero attached hydrogens (tertiary/aromatic N) is 1. The molecule has 0 N–H and O–H groups in total. The van der Waals surface area contributed by atoms with Gasteiger partial charge in [-0.1, -0.05) is 42.8 Å². The Morgan fingerprint density at radius 3 is 2.38 bits per heavy atom. The molecule has 0 amide bonds. The molecule has 2 aromatic carbocycles. The summed E-state index contributed by atoms with van der Waals surface area (Å²) in [5, 5.41) is 0.635. The van der Waals surface area contributed by atoms with Crippen molar-refractivity contribution < 1.29 is 8.42 Å². The molecule has 5 heteroatoms. The zero-order chi connectivity index (χ0) is 17.3. The first-order valence-electron chi connectivity index (χ1n) is 7.72. The number of aromatic nitrogens is 1. The first-order chi connectivity index (χ1) is 11.4. The molecule has 3 aromatic rings. The summed E-state index contributed by atoms with van der Waals surface area (Å²) in [6.07, 6.45) is 2.22. The number of halogens is 1. The van der Waals surface area contributed by atoms with Crippen molar-refractivity contribution in [2.24, 2.45) is 0 Å². The van der Waals surface area contributed by atoms with Crippen molar-refractivity contribution in [3.63, 3.8) is 0 Å². The van der Waals surface area contributed by atoms with Crippen molar-refractivity contribution in [2.75, 3.05) is 0 Å². The van der Waals surface area contributed by atoms with Crippen LogP contribution in [0.4, 0.5) is 0 Å². The number of hydrogen-bond donors (Lipinski definition) is 0. The molecule has 124 valence electrons. The van der Waals surface area contributed by atoms with E-state index in [9.17, 15) is 8.42 Å². The summed E-state index contributed by atoms with van der Waals surface area (Å²) in [4.78, 5) is 0.282. The van der Waals surface area contributed by atoms with Crippen LogP contribution in [0, 0.1) is 6.92 Å². The van der Waals surface area contributed by atoms with E-state index in [0.29, 0.717) is 11.4 Å². The van der Waals surface area contributed by atoms with Gasteiger partial charge in [-0.05, 0) is 54.8 Å². The van der Waals surface area contributed by atoms with Crippen molar-refractivity contribution >= 4 is 21.6 Å². The van der Waals surface area contributed by atoms with Crippen molar-refractivity contribution in [1.82, 2.24) is 3.97 Å². The Bertz CT molecular complexity index is 976. The van der Waals surface area contributed by atoms with Gasteiger partial charge in [0.15, 0.2) is 0 Å². The molecule has 3 rings (SSSR count). The van der Waals surface area contributed by atoms with Crippen molar-refractivity contribution in [3.8, 4) is 11.1 Å². The van der Waals surface area contributed by atoms with E-state index in [2.05, 4.69) is 0 Å². The summed E-state index contributed by atoms with van der Waals surface area (Å²) in [5.41, 5.74) is 3.67. The van der Waals surface area contributed by atoms with Crippen LogP contribution in [0.15, 0.2) is 65.7 Å². The van der Waals surface area contributed by atoms with Gasteiger partial charge in [-0.3, -0.25) is 0 Å². The maximum Gasteiger partial charge on any atom is 0.267 e. The third-order valence-corrected chi connectivity index (χ3v) is 6.04. The molecule has 0 atom stereocenters. The molecular formula is C19H18ClNO2S. The highest BCUT2D eigenvalue weighted by Gasteiger charge is 2.22. The van der Waals surface area contributed by atoms with Crippen molar-refractivity contribution in [1.29, 1.82) is 0 Å². The predicted octanol–water partition coefficient (Wildman–Crippen LogP) is 4.92. The SMILES string of the molecule is CCc1c(-c2cc(Cl)ccc2C)ccn1S(=O)(=O)c1ccccc1. The monoisotopic (exact) mass is 359 g/mol. The van der Waals surface area contributed by atoms with Gasteiger partial charge in [0.1, 0.15) is 0 Å². The predicted molar refractivity (Wildman–Crippen MR) is 98.0 cm³/mol. The Hall–Kier alpha value is -2.04. The van der Waals surface area contributed by atoms with Crippen LogP contribution in [0.25, 0.3) is 11.1 Å². The van der Waals surface area contributed by atoms with Gasteiger partial charge in [0, 0.05) is 22.5 Å². The van der Waals surface area contributed by atoms with Crippen LogP contribution < -0.4 is 0 Å². The minimum atomic E-state index is -3.61. The fraction of sp³-hybridized carbons (Fsp3) is 0.158. The molecule has 0 bridgehead atoms. The minimum Gasteiger partial charge on any atom is -0.245 e. The van der Waals surface area contributed by atoms with Gasteiger partial charge in [0.2, 0.25) is 0 Å². The Labute approximate surface area is 147 Å². The normalized spacial score (nSPS) is 11.6. The Morgan fingerprint density at radius 2 is 1.71 bits per heavy atom. The summed E-state index contributed by atoms with van der Waals surface area (Å²) in [6.45, 7) is 3.95. The standard InChI is InChI=1S/C19H18ClNO2S/c1-3-19-17(18-13-15(20)10-9-14(18)2)11-12-21(19)24(22,23)16-7-5-4-6-8-16/h4-13H,3H2,1-2H3. The van der Waals surface area contributed by atoms with Crippen LogP contribution in [-0.4, -0.2) is 12.4 Å². The Morgan fingerprint density at radius 1 is 1.00 bits per heavy atom. The second kappa shape index (κ2) is 6.46. The number of benzene rings is 2. The average molecular weight is 360 g/mol. The number of rotatable bonds is 4. The summed E-state index contributed by atoms with van der Waals surface area (Å²) in [6, 6.07) is 16.0. The van der Waals surface area contributed by atoms with Crippen molar-refractivity contribution in [3.05, 3.63) is 77.1 Å². The molecule has 0 aliphatic heterocycles. The first kappa shape index (κ1) is 16.8. The summed E-state index contributed by atoms with van der Waals surface area (Å²) in [5.74, 6) is 0. The molecule has 0 aliphatic carbocycles. The molecule has 1 aromatic heterocycles. The average Bonchev–Trinajstić information content (AvgIpc) is 3.02. The molecule has 0 saturated carbocycles. The lowest BCUT2D eigenvalue weighted by Gasteiger charge is -2.12. The van der Waals surface area contributed by atoms with Gasteiger partial charge >= 0.3 is 0 Å². The van der Waals surface area contributed by atoms with E-state index in [1.807, 2.05) is 38.1 Å². The third-order valence-electron chi connectivity index (χ3n) is 4.08. The quantitative estimate of drug-likeness (QED) is 0.663. The summed E-state index contributed by atoms with van der Waals surface area (Å²) >= 11 is 6.13. The van der Waals surface area contributed by atoms with Gasteiger partial charge in [-0.25, -0.2) is 12.4 Å². The zero-order valence-electron chi connectivity index (χ0n) is 13.5. The van der Waals surface area contributed by atoms with Crippen LogP contribution in [0.1, 0.15) is 18.2 Å². The molecule has 0 saturated heterocycles. The topological polar surface area (TPSA) is 39.1 Å². The summed E-state index contributed by atoms with van der Waals surface area (Å²) < 4.78 is 27.3. The van der Waals surface area contributed by atoms with E-state index in [-0.39, 0.29) is 4.90 Å². The molecule has 0 unspecified atom stereocenters. The molecule has 0 spiro atoms. The molecule has 24 heavy (non-hydrogen) atoms. The maximum absolute atomic E-state index is 12.9. The molecule has 0 fully saturated rings. The van der Waals surface area contributed by atoms with Crippen LogP contribution in [0.3, 0.4) is 0 Å². The highest BCUT2D eigenvalue weighted by Crippen LogP contribution is 2.32. The van der Waals surface area contributed by atoms with Crippen molar-refractivity contribution in [2.45, 2.75) is 25.2 Å². The second-order valence-corrected chi connectivity index (χ2v) is 7.85. The van der Waals surface area contributed by atoms with Crippen LogP contribution in [0.5, 0.6) is 0 Å². The van der Waals surface area contributed by atoms with Gasteiger partial charge < -0.3 is 0 Å². The number of hydrogen-bond acceptors (Lipinski definition) is 2. The lowest BCUT2D eigenvalue weighted by molar-refractivity contribution is 0.585. The van der Waals surface area contributed by atoms with E-state index >= 15 is 0 Å². The zero-order valence-corrected chi connectivity index (χ0v) is 15.1. The summed E-state index contributed by atoms with van der Waals surface area (Å²) in [7, 11) is -3.61. The van der Waals surface area contributed by atoms with Crippen LogP contribution >= 0.6 is 11.6 Å². The molecular weight excluding hydrogens is 342 g/mol. The fourth-order valence-electron chi connectivity index (χ4n) is 2.85. The highest BCUT2D eigenvalue weighted by atomic mass is 35.5. The number of aryl methyl sites for hydroxylation is 1.